The number of hydrogen-bond donors (Lipinski definition) is 0. The fourth-order valence-corrected chi connectivity index (χ4v) is 3.38. The predicted molar refractivity (Wildman–Crippen MR) is 95.2 cm³/mol. The summed E-state index contributed by atoms with van der Waals surface area (Å²) in [5, 5.41) is 8.51. The number of ether oxygens (including phenoxy) is 2. The molecule has 1 saturated heterocycles. The molecule has 1 amide bonds. The molecule has 1 aliphatic heterocycles. The number of carbonyl (C=O) groups excluding carboxylic acids is 1. The zero-order valence-electron chi connectivity index (χ0n) is 14.5. The number of benzene rings is 1. The van der Waals surface area contributed by atoms with Crippen molar-refractivity contribution in [2.45, 2.75) is 18.9 Å². The van der Waals surface area contributed by atoms with Crippen LogP contribution in [0, 0.1) is 0 Å². The first-order valence-electron chi connectivity index (χ1n) is 8.63. The third kappa shape index (κ3) is 2.96. The van der Waals surface area contributed by atoms with Crippen molar-refractivity contribution >= 4 is 11.6 Å². The SMILES string of the molecule is COc1ccccc1OCC(=O)N1CCC[C@@H]1c1nnc2ccccn12. The van der Waals surface area contributed by atoms with E-state index in [1.165, 1.54) is 0 Å². The van der Waals surface area contributed by atoms with Crippen molar-refractivity contribution in [3.63, 3.8) is 0 Å². The van der Waals surface area contributed by atoms with E-state index < -0.39 is 0 Å². The maximum absolute atomic E-state index is 12.8. The highest BCUT2D eigenvalue weighted by Crippen LogP contribution is 2.31. The van der Waals surface area contributed by atoms with Crippen LogP contribution in [0.25, 0.3) is 5.65 Å². The lowest BCUT2D eigenvalue weighted by Crippen LogP contribution is -2.35. The highest BCUT2D eigenvalue weighted by Gasteiger charge is 2.33. The maximum atomic E-state index is 12.8. The number of rotatable bonds is 5. The van der Waals surface area contributed by atoms with Crippen molar-refractivity contribution in [2.24, 2.45) is 0 Å². The minimum absolute atomic E-state index is 0.0341. The molecule has 0 bridgehead atoms. The second-order valence-electron chi connectivity index (χ2n) is 6.17. The van der Waals surface area contributed by atoms with Crippen LogP contribution in [0.4, 0.5) is 0 Å². The van der Waals surface area contributed by atoms with Gasteiger partial charge in [0.1, 0.15) is 0 Å². The first-order chi connectivity index (χ1) is 12.8. The molecule has 3 heterocycles. The summed E-state index contributed by atoms with van der Waals surface area (Å²) in [7, 11) is 1.58. The van der Waals surface area contributed by atoms with E-state index in [0.717, 1.165) is 24.3 Å². The standard InChI is InChI=1S/C19H20N4O3/c1-25-15-8-2-3-9-16(15)26-13-18(24)22-12-6-7-14(22)19-21-20-17-10-4-5-11-23(17)19/h2-5,8-11,14H,6-7,12-13H2,1H3/t14-/m1/s1. The van der Waals surface area contributed by atoms with Gasteiger partial charge in [-0.25, -0.2) is 0 Å². The van der Waals surface area contributed by atoms with Gasteiger partial charge in [-0.2, -0.15) is 0 Å². The number of hydrogen-bond acceptors (Lipinski definition) is 5. The number of fused-ring (bicyclic) bond motifs is 1. The largest absolute Gasteiger partial charge is 0.493 e. The Hall–Kier alpha value is -3.09. The van der Waals surface area contributed by atoms with E-state index >= 15 is 0 Å². The number of amides is 1. The first-order valence-corrected chi connectivity index (χ1v) is 8.63. The molecular formula is C19H20N4O3. The lowest BCUT2D eigenvalue weighted by molar-refractivity contribution is -0.134. The molecule has 1 atom stereocenters. The topological polar surface area (TPSA) is 69.0 Å². The van der Waals surface area contributed by atoms with Crippen LogP contribution in [0.3, 0.4) is 0 Å². The third-order valence-electron chi connectivity index (χ3n) is 4.63. The van der Waals surface area contributed by atoms with E-state index in [2.05, 4.69) is 10.2 Å². The van der Waals surface area contributed by atoms with Gasteiger partial charge in [-0.3, -0.25) is 9.20 Å². The van der Waals surface area contributed by atoms with Crippen molar-refractivity contribution in [3.05, 3.63) is 54.5 Å². The first kappa shape index (κ1) is 16.4. The van der Waals surface area contributed by atoms with E-state index in [-0.39, 0.29) is 18.6 Å². The van der Waals surface area contributed by atoms with Crippen molar-refractivity contribution < 1.29 is 14.3 Å². The molecule has 2 aromatic heterocycles. The zero-order chi connectivity index (χ0) is 17.9. The molecule has 26 heavy (non-hydrogen) atoms. The summed E-state index contributed by atoms with van der Waals surface area (Å²) in [6.45, 7) is 0.661. The molecule has 0 N–H and O–H groups in total. The number of methoxy groups -OCH3 is 1. The molecule has 7 nitrogen and oxygen atoms in total. The summed E-state index contributed by atoms with van der Waals surface area (Å²) in [6.07, 6.45) is 3.74. The number of para-hydroxylation sites is 2. The van der Waals surface area contributed by atoms with Crippen LogP contribution < -0.4 is 9.47 Å². The number of carbonyl (C=O) groups is 1. The highest BCUT2D eigenvalue weighted by atomic mass is 16.5. The Morgan fingerprint density at radius 3 is 2.81 bits per heavy atom. The van der Waals surface area contributed by atoms with Gasteiger partial charge in [0.15, 0.2) is 29.6 Å². The second kappa shape index (κ2) is 7.03. The second-order valence-corrected chi connectivity index (χ2v) is 6.17. The number of pyridine rings is 1. The van der Waals surface area contributed by atoms with E-state index in [1.807, 2.05) is 45.8 Å². The van der Waals surface area contributed by atoms with Gasteiger partial charge in [0.2, 0.25) is 0 Å². The maximum Gasteiger partial charge on any atom is 0.261 e. The summed E-state index contributed by atoms with van der Waals surface area (Å²) in [5.41, 5.74) is 0.784. The zero-order valence-corrected chi connectivity index (χ0v) is 14.5. The summed E-state index contributed by atoms with van der Waals surface area (Å²) < 4.78 is 12.9. The van der Waals surface area contributed by atoms with Crippen molar-refractivity contribution in [1.29, 1.82) is 0 Å². The molecule has 0 radical (unpaired) electrons. The minimum atomic E-state index is -0.0823. The minimum Gasteiger partial charge on any atom is -0.493 e. The van der Waals surface area contributed by atoms with Gasteiger partial charge in [-0.1, -0.05) is 18.2 Å². The van der Waals surface area contributed by atoms with E-state index in [0.29, 0.717) is 18.0 Å². The van der Waals surface area contributed by atoms with Gasteiger partial charge >= 0.3 is 0 Å². The molecule has 1 fully saturated rings. The van der Waals surface area contributed by atoms with Crippen LogP contribution in [-0.2, 0) is 4.79 Å². The van der Waals surface area contributed by atoms with Gasteiger partial charge < -0.3 is 14.4 Å². The third-order valence-corrected chi connectivity index (χ3v) is 4.63. The van der Waals surface area contributed by atoms with E-state index in [1.54, 1.807) is 19.2 Å². The molecule has 1 aliphatic rings. The van der Waals surface area contributed by atoms with Crippen molar-refractivity contribution in [1.82, 2.24) is 19.5 Å². The van der Waals surface area contributed by atoms with Gasteiger partial charge in [-0.15, -0.1) is 10.2 Å². The van der Waals surface area contributed by atoms with E-state index in [9.17, 15) is 4.79 Å². The number of likely N-dealkylation sites (tertiary alicyclic amines) is 1. The molecule has 1 aromatic carbocycles. The fourth-order valence-electron chi connectivity index (χ4n) is 3.38. The molecule has 0 aliphatic carbocycles. The summed E-state index contributed by atoms with van der Waals surface area (Å²) in [5.74, 6) is 1.91. The summed E-state index contributed by atoms with van der Waals surface area (Å²) >= 11 is 0. The fraction of sp³-hybridized carbons (Fsp3) is 0.316. The average Bonchev–Trinajstić information content (AvgIpc) is 3.32. The molecule has 0 unspecified atom stereocenters. The Morgan fingerprint density at radius 2 is 1.96 bits per heavy atom. The van der Waals surface area contributed by atoms with Crippen LogP contribution in [0.15, 0.2) is 48.7 Å². The van der Waals surface area contributed by atoms with Crippen LogP contribution >= 0.6 is 0 Å². The summed E-state index contributed by atoms with van der Waals surface area (Å²) in [6, 6.07) is 13.0. The molecule has 134 valence electrons. The lowest BCUT2D eigenvalue weighted by atomic mass is 10.2. The predicted octanol–water partition coefficient (Wildman–Crippen LogP) is 2.48. The molecule has 3 aromatic rings. The molecule has 7 heteroatoms. The van der Waals surface area contributed by atoms with Crippen molar-refractivity contribution in [2.75, 3.05) is 20.3 Å². The quantitative estimate of drug-likeness (QED) is 0.706. The molecule has 0 saturated carbocycles. The Bertz CT molecular complexity index is 924. The van der Waals surface area contributed by atoms with Gasteiger partial charge in [-0.05, 0) is 37.1 Å². The van der Waals surface area contributed by atoms with Crippen molar-refractivity contribution in [3.8, 4) is 11.5 Å². The Balaban J connectivity index is 1.50. The number of nitrogens with zero attached hydrogens (tertiary/aromatic N) is 4. The van der Waals surface area contributed by atoms with Crippen LogP contribution in [0.5, 0.6) is 11.5 Å². The number of aromatic nitrogens is 3. The average molecular weight is 352 g/mol. The molecular weight excluding hydrogens is 332 g/mol. The monoisotopic (exact) mass is 352 g/mol. The Kier molecular flexibility index (Phi) is 4.43. The van der Waals surface area contributed by atoms with E-state index in [4.69, 9.17) is 9.47 Å². The Labute approximate surface area is 151 Å². The smallest absolute Gasteiger partial charge is 0.261 e. The lowest BCUT2D eigenvalue weighted by Gasteiger charge is -2.23. The van der Waals surface area contributed by atoms with Gasteiger partial charge in [0, 0.05) is 12.7 Å². The van der Waals surface area contributed by atoms with Gasteiger partial charge in [0.25, 0.3) is 5.91 Å². The summed E-state index contributed by atoms with van der Waals surface area (Å²) in [4.78, 5) is 14.6. The van der Waals surface area contributed by atoms with Crippen LogP contribution in [-0.4, -0.2) is 45.7 Å². The van der Waals surface area contributed by atoms with Gasteiger partial charge in [0.05, 0.1) is 13.2 Å². The Morgan fingerprint density at radius 1 is 1.15 bits per heavy atom. The van der Waals surface area contributed by atoms with Crippen LogP contribution in [0.2, 0.25) is 0 Å². The molecule has 4 rings (SSSR count). The normalized spacial score (nSPS) is 16.8. The van der Waals surface area contributed by atoms with Crippen LogP contribution in [0.1, 0.15) is 24.7 Å². The highest BCUT2D eigenvalue weighted by molar-refractivity contribution is 5.78. The molecule has 0 spiro atoms.